The van der Waals surface area contributed by atoms with Crippen molar-refractivity contribution in [2.45, 2.75) is 6.16 Å². The number of halogens is 2. The lowest BCUT2D eigenvalue weighted by Crippen LogP contribution is -1.97. The molecule has 0 spiro atoms. The van der Waals surface area contributed by atoms with Crippen LogP contribution in [0, 0.1) is 5.82 Å². The van der Waals surface area contributed by atoms with Gasteiger partial charge in [0.1, 0.15) is 12.0 Å². The molecule has 17 heavy (non-hydrogen) atoms. The van der Waals surface area contributed by atoms with E-state index in [2.05, 4.69) is 0 Å². The van der Waals surface area contributed by atoms with E-state index in [1.165, 1.54) is 17.7 Å². The highest BCUT2D eigenvalue weighted by molar-refractivity contribution is 8.08. The van der Waals surface area contributed by atoms with Crippen molar-refractivity contribution in [1.82, 2.24) is 0 Å². The summed E-state index contributed by atoms with van der Waals surface area (Å²) in [5.74, 6) is -0.223. The van der Waals surface area contributed by atoms with Crippen LogP contribution >= 0.6 is 18.3 Å². The minimum atomic E-state index is -0.700. The second-order valence-corrected chi connectivity index (χ2v) is 6.99. The van der Waals surface area contributed by atoms with E-state index in [1.807, 2.05) is 24.3 Å². The number of hydrogen-bond donors (Lipinski definition) is 0. The summed E-state index contributed by atoms with van der Waals surface area (Å²) < 4.78 is 12.8. The van der Waals surface area contributed by atoms with Gasteiger partial charge in [-0.3, -0.25) is 0 Å². The number of benzene rings is 2. The zero-order valence-corrected chi connectivity index (χ0v) is 11.4. The van der Waals surface area contributed by atoms with Gasteiger partial charge in [0, 0.05) is 5.02 Å². The molecular formula is C13H10ClFPS+. The maximum Gasteiger partial charge on any atom is 0.217 e. The molecule has 0 radical (unpaired) electrons. The van der Waals surface area contributed by atoms with Crippen molar-refractivity contribution in [3.63, 3.8) is 0 Å². The Kier molecular flexibility index (Phi) is 4.22. The molecule has 0 N–H and O–H groups in total. The van der Waals surface area contributed by atoms with Crippen molar-refractivity contribution in [3.05, 3.63) is 64.9 Å². The monoisotopic (exact) mass is 283 g/mol. The zero-order chi connectivity index (χ0) is 12.3. The van der Waals surface area contributed by atoms with Gasteiger partial charge in [-0.15, -0.1) is 0 Å². The minimum Gasteiger partial charge on any atom is -0.207 e. The van der Waals surface area contributed by atoms with Gasteiger partial charge in [-0.25, -0.2) is 4.39 Å². The SMILES string of the molecule is Fc1ccc([P+](=S)Cc2ccc(Cl)cc2)cc1. The molecule has 4 heteroatoms. The minimum absolute atomic E-state index is 0.223. The number of hydrogen-bond acceptors (Lipinski definition) is 1. The first-order valence-electron chi connectivity index (χ1n) is 5.10. The highest BCUT2D eigenvalue weighted by atomic mass is 35.5. The molecule has 0 amide bonds. The molecule has 0 aliphatic carbocycles. The smallest absolute Gasteiger partial charge is 0.207 e. The fourth-order valence-corrected chi connectivity index (χ4v) is 3.60. The van der Waals surface area contributed by atoms with E-state index in [0.29, 0.717) is 0 Å². The normalized spacial score (nSPS) is 11.3. The highest BCUT2D eigenvalue weighted by Crippen LogP contribution is 2.27. The predicted octanol–water partition coefficient (Wildman–Crippen LogP) is 4.25. The van der Waals surface area contributed by atoms with Gasteiger partial charge in [0.25, 0.3) is 0 Å². The molecule has 2 aromatic carbocycles. The molecule has 0 aromatic heterocycles. The van der Waals surface area contributed by atoms with E-state index >= 15 is 0 Å². The van der Waals surface area contributed by atoms with Crippen LogP contribution in [0.15, 0.2) is 48.5 Å². The first kappa shape index (κ1) is 12.6. The van der Waals surface area contributed by atoms with Gasteiger partial charge >= 0.3 is 0 Å². The largest absolute Gasteiger partial charge is 0.217 e. The average molecular weight is 284 g/mol. The first-order chi connectivity index (χ1) is 8.15. The molecule has 0 aliphatic rings. The van der Waals surface area contributed by atoms with Crippen molar-refractivity contribution in [2.75, 3.05) is 0 Å². The molecule has 0 saturated heterocycles. The Bertz CT molecular complexity index is 522. The lowest BCUT2D eigenvalue weighted by atomic mass is 10.2. The van der Waals surface area contributed by atoms with E-state index in [9.17, 15) is 4.39 Å². The van der Waals surface area contributed by atoms with Crippen molar-refractivity contribution >= 4 is 35.4 Å². The summed E-state index contributed by atoms with van der Waals surface area (Å²) in [5, 5.41) is 1.76. The fourth-order valence-electron chi connectivity index (χ4n) is 1.45. The van der Waals surface area contributed by atoms with Crippen LogP contribution in [0.4, 0.5) is 4.39 Å². The van der Waals surface area contributed by atoms with Crippen LogP contribution in [0.25, 0.3) is 0 Å². The molecule has 0 fully saturated rings. The van der Waals surface area contributed by atoms with Gasteiger partial charge < -0.3 is 0 Å². The van der Waals surface area contributed by atoms with Gasteiger partial charge in [0.15, 0.2) is 17.1 Å². The molecule has 0 bridgehead atoms. The van der Waals surface area contributed by atoms with Crippen molar-refractivity contribution in [3.8, 4) is 0 Å². The van der Waals surface area contributed by atoms with Crippen LogP contribution in [0.1, 0.15) is 5.56 Å². The Balaban J connectivity index is 2.11. The van der Waals surface area contributed by atoms with Crippen LogP contribution in [0.3, 0.4) is 0 Å². The summed E-state index contributed by atoms with van der Waals surface area (Å²) in [7, 11) is 0. The van der Waals surface area contributed by atoms with Gasteiger partial charge in [0.2, 0.25) is 6.70 Å². The standard InChI is InChI=1S/C13H10ClFPS/c14-11-3-1-10(2-4-11)9-16(17)13-7-5-12(15)6-8-13/h1-8H,9H2/q+1. The Hall–Kier alpha value is -0.820. The van der Waals surface area contributed by atoms with Crippen molar-refractivity contribution < 1.29 is 4.39 Å². The molecule has 2 aromatic rings. The van der Waals surface area contributed by atoms with Crippen LogP contribution in [0.2, 0.25) is 5.02 Å². The summed E-state index contributed by atoms with van der Waals surface area (Å²) in [4.78, 5) is 0. The lowest BCUT2D eigenvalue weighted by molar-refractivity contribution is 0.628. The van der Waals surface area contributed by atoms with Crippen molar-refractivity contribution in [1.29, 1.82) is 0 Å². The Morgan fingerprint density at radius 1 is 1.00 bits per heavy atom. The predicted molar refractivity (Wildman–Crippen MR) is 75.5 cm³/mol. The topological polar surface area (TPSA) is 0 Å². The van der Waals surface area contributed by atoms with Gasteiger partial charge in [0.05, 0.1) is 0 Å². The Labute approximate surface area is 111 Å². The summed E-state index contributed by atoms with van der Waals surface area (Å²) >= 11 is 11.3. The highest BCUT2D eigenvalue weighted by Gasteiger charge is 2.14. The maximum atomic E-state index is 12.8. The molecule has 2 rings (SSSR count). The van der Waals surface area contributed by atoms with Gasteiger partial charge in [-0.2, -0.15) is 0 Å². The summed E-state index contributed by atoms with van der Waals surface area (Å²) in [6.45, 7) is -0.700. The van der Waals surface area contributed by atoms with Crippen LogP contribution in [0.5, 0.6) is 0 Å². The maximum absolute atomic E-state index is 12.8. The van der Waals surface area contributed by atoms with E-state index in [4.69, 9.17) is 23.4 Å². The zero-order valence-electron chi connectivity index (χ0n) is 8.94. The Morgan fingerprint density at radius 3 is 2.18 bits per heavy atom. The molecule has 86 valence electrons. The van der Waals surface area contributed by atoms with Gasteiger partial charge in [-0.05, 0) is 42.0 Å². The molecule has 0 heterocycles. The molecule has 1 atom stereocenters. The third-order valence-electron chi connectivity index (χ3n) is 2.35. The summed E-state index contributed by atoms with van der Waals surface area (Å²) in [6, 6.07) is 14.1. The average Bonchev–Trinajstić information content (AvgIpc) is 2.33. The first-order valence-corrected chi connectivity index (χ1v) is 8.01. The van der Waals surface area contributed by atoms with Gasteiger partial charge in [-0.1, -0.05) is 23.7 Å². The van der Waals surface area contributed by atoms with Crippen molar-refractivity contribution in [2.24, 2.45) is 0 Å². The second-order valence-electron chi connectivity index (χ2n) is 3.64. The Morgan fingerprint density at radius 2 is 1.59 bits per heavy atom. The molecule has 0 aliphatic heterocycles. The van der Waals surface area contributed by atoms with Crippen LogP contribution in [-0.4, -0.2) is 0 Å². The fraction of sp³-hybridized carbons (Fsp3) is 0.0769. The summed E-state index contributed by atoms with van der Waals surface area (Å²) in [5.41, 5.74) is 1.17. The lowest BCUT2D eigenvalue weighted by Gasteiger charge is -1.96. The third-order valence-corrected chi connectivity index (χ3v) is 5.15. The molecule has 0 saturated carbocycles. The van der Waals surface area contributed by atoms with E-state index < -0.39 is 6.70 Å². The van der Waals surface area contributed by atoms with E-state index in [1.54, 1.807) is 12.1 Å². The van der Waals surface area contributed by atoms with Crippen LogP contribution < -0.4 is 5.30 Å². The quantitative estimate of drug-likeness (QED) is 0.759. The second kappa shape index (κ2) is 5.68. The third kappa shape index (κ3) is 3.57. The molecular weight excluding hydrogens is 274 g/mol. The van der Waals surface area contributed by atoms with Crippen LogP contribution in [-0.2, 0) is 18.0 Å². The molecule has 1 unspecified atom stereocenters. The summed E-state index contributed by atoms with van der Waals surface area (Å²) in [6.07, 6.45) is 0.813. The van der Waals surface area contributed by atoms with E-state index in [0.717, 1.165) is 16.5 Å². The van der Waals surface area contributed by atoms with E-state index in [-0.39, 0.29) is 5.82 Å². The number of rotatable bonds is 3. The molecule has 0 nitrogen and oxygen atoms in total.